The summed E-state index contributed by atoms with van der Waals surface area (Å²) in [7, 11) is 4.01. The molecule has 0 saturated heterocycles. The maximum Gasteiger partial charge on any atom is 0.0362 e. The Morgan fingerprint density at radius 1 is 0.789 bits per heavy atom. The van der Waals surface area contributed by atoms with Gasteiger partial charge in [0.2, 0.25) is 0 Å². The minimum Gasteiger partial charge on any atom is -0.399 e. The van der Waals surface area contributed by atoms with Crippen LogP contribution in [-0.4, -0.2) is 14.1 Å². The molecule has 4 nitrogen and oxygen atoms in total. The Hall–Kier alpha value is -2.36. The molecule has 19 heavy (non-hydrogen) atoms. The lowest BCUT2D eigenvalue weighted by molar-refractivity contribution is 1.13. The second-order valence-electron chi connectivity index (χ2n) is 4.60. The molecular formula is C15H22N4. The predicted octanol–water partition coefficient (Wildman–Crippen LogP) is 2.49. The van der Waals surface area contributed by atoms with Gasteiger partial charge in [-0.2, -0.15) is 0 Å². The van der Waals surface area contributed by atoms with Gasteiger partial charge in [0.05, 0.1) is 0 Å². The molecule has 0 spiro atoms. The van der Waals surface area contributed by atoms with Crippen molar-refractivity contribution in [2.24, 2.45) is 0 Å². The Labute approximate surface area is 114 Å². The van der Waals surface area contributed by atoms with Gasteiger partial charge in [0, 0.05) is 36.8 Å². The van der Waals surface area contributed by atoms with E-state index in [1.54, 1.807) is 6.07 Å². The molecule has 0 fully saturated rings. The van der Waals surface area contributed by atoms with Crippen LogP contribution in [0, 0.1) is 6.92 Å². The van der Waals surface area contributed by atoms with E-state index >= 15 is 0 Å². The molecule has 0 saturated carbocycles. The van der Waals surface area contributed by atoms with Crippen molar-refractivity contribution in [3.63, 3.8) is 0 Å². The van der Waals surface area contributed by atoms with E-state index in [4.69, 9.17) is 17.2 Å². The van der Waals surface area contributed by atoms with Gasteiger partial charge in [-0.1, -0.05) is 0 Å². The van der Waals surface area contributed by atoms with E-state index in [0.29, 0.717) is 0 Å². The first-order valence-corrected chi connectivity index (χ1v) is 6.04. The molecule has 0 aromatic heterocycles. The Morgan fingerprint density at radius 2 is 1.32 bits per heavy atom. The molecule has 4 heteroatoms. The van der Waals surface area contributed by atoms with Crippen molar-refractivity contribution in [3.05, 3.63) is 48.0 Å². The number of nitrogens with zero attached hydrogens (tertiary/aromatic N) is 1. The van der Waals surface area contributed by atoms with Gasteiger partial charge in [-0.05, 0) is 55.0 Å². The lowest BCUT2D eigenvalue weighted by Gasteiger charge is -2.11. The molecule has 0 unspecified atom stereocenters. The Balaban J connectivity index is 0.000000191. The van der Waals surface area contributed by atoms with Crippen LogP contribution in [0.3, 0.4) is 0 Å². The average Bonchev–Trinajstić information content (AvgIpc) is 2.35. The molecule has 0 bridgehead atoms. The molecule has 0 heterocycles. The van der Waals surface area contributed by atoms with Crippen LogP contribution in [0.2, 0.25) is 0 Å². The third-order valence-electron chi connectivity index (χ3n) is 2.70. The predicted molar refractivity (Wildman–Crippen MR) is 85.2 cm³/mol. The zero-order chi connectivity index (χ0) is 14.4. The van der Waals surface area contributed by atoms with Crippen molar-refractivity contribution in [2.75, 3.05) is 36.2 Å². The quantitative estimate of drug-likeness (QED) is 0.686. The molecule has 0 radical (unpaired) electrons. The lowest BCUT2D eigenvalue weighted by atomic mass is 10.2. The van der Waals surface area contributed by atoms with Crippen LogP contribution in [-0.2, 0) is 0 Å². The van der Waals surface area contributed by atoms with Crippen LogP contribution in [0.15, 0.2) is 42.5 Å². The minimum atomic E-state index is 0.765. The number of nitrogens with two attached hydrogens (primary N) is 3. The number of hydrogen-bond acceptors (Lipinski definition) is 4. The Bertz CT molecular complexity index is 518. The van der Waals surface area contributed by atoms with Crippen LogP contribution in [0.25, 0.3) is 0 Å². The zero-order valence-electron chi connectivity index (χ0n) is 11.7. The van der Waals surface area contributed by atoms with Gasteiger partial charge >= 0.3 is 0 Å². The molecule has 2 rings (SSSR count). The molecular weight excluding hydrogens is 236 g/mol. The molecule has 0 amide bonds. The molecule has 0 aliphatic carbocycles. The number of anilines is 4. The molecule has 6 N–H and O–H groups in total. The Morgan fingerprint density at radius 3 is 1.74 bits per heavy atom. The van der Waals surface area contributed by atoms with Gasteiger partial charge in [0.15, 0.2) is 0 Å². The lowest BCUT2D eigenvalue weighted by Crippen LogP contribution is -2.08. The number of hydrogen-bond donors (Lipinski definition) is 3. The molecule has 2 aromatic rings. The van der Waals surface area contributed by atoms with E-state index in [1.165, 1.54) is 5.69 Å². The normalized spacial score (nSPS) is 9.42. The molecule has 102 valence electrons. The van der Waals surface area contributed by atoms with Crippen LogP contribution < -0.4 is 22.1 Å². The highest BCUT2D eigenvalue weighted by atomic mass is 15.1. The first-order valence-electron chi connectivity index (χ1n) is 6.04. The van der Waals surface area contributed by atoms with E-state index < -0.39 is 0 Å². The third kappa shape index (κ3) is 4.79. The highest BCUT2D eigenvalue weighted by Crippen LogP contribution is 2.13. The SMILES string of the molecule is CN(C)c1ccc(N)cc1.Cc1cc(N)ccc1N. The summed E-state index contributed by atoms with van der Waals surface area (Å²) in [4.78, 5) is 2.04. The standard InChI is InChI=1S/C8H12N2.C7H10N2/c1-10(2)8-5-3-7(9)4-6-8;1-5-4-6(8)2-3-7(5)9/h3-6H,9H2,1-2H3;2-4H,8-9H2,1H3. The highest BCUT2D eigenvalue weighted by Gasteiger charge is 1.91. The third-order valence-corrected chi connectivity index (χ3v) is 2.70. The highest BCUT2D eigenvalue weighted by molar-refractivity contribution is 5.54. The fourth-order valence-corrected chi connectivity index (χ4v) is 1.47. The number of benzene rings is 2. The first-order chi connectivity index (χ1) is 8.90. The van der Waals surface area contributed by atoms with E-state index in [0.717, 1.165) is 22.6 Å². The average molecular weight is 258 g/mol. The van der Waals surface area contributed by atoms with Crippen molar-refractivity contribution in [2.45, 2.75) is 6.92 Å². The first kappa shape index (κ1) is 14.7. The van der Waals surface area contributed by atoms with E-state index in [2.05, 4.69) is 0 Å². The van der Waals surface area contributed by atoms with Crippen molar-refractivity contribution < 1.29 is 0 Å². The van der Waals surface area contributed by atoms with Crippen molar-refractivity contribution >= 4 is 22.7 Å². The van der Waals surface area contributed by atoms with Crippen LogP contribution in [0.1, 0.15) is 5.56 Å². The fraction of sp³-hybridized carbons (Fsp3) is 0.200. The number of nitrogen functional groups attached to an aromatic ring is 3. The molecule has 0 aliphatic rings. The Kier molecular flexibility index (Phi) is 5.06. The van der Waals surface area contributed by atoms with Crippen LogP contribution in [0.5, 0.6) is 0 Å². The smallest absolute Gasteiger partial charge is 0.0362 e. The second-order valence-corrected chi connectivity index (χ2v) is 4.60. The van der Waals surface area contributed by atoms with Crippen molar-refractivity contribution in [3.8, 4) is 0 Å². The van der Waals surface area contributed by atoms with Gasteiger partial charge in [0.25, 0.3) is 0 Å². The maximum absolute atomic E-state index is 5.53. The summed E-state index contributed by atoms with van der Waals surface area (Å²) in [5.74, 6) is 0. The van der Waals surface area contributed by atoms with Gasteiger partial charge in [-0.15, -0.1) is 0 Å². The maximum atomic E-state index is 5.53. The zero-order valence-corrected chi connectivity index (χ0v) is 11.7. The minimum absolute atomic E-state index is 0.765. The topological polar surface area (TPSA) is 81.3 Å². The van der Waals surface area contributed by atoms with E-state index in [1.807, 2.05) is 62.3 Å². The summed E-state index contributed by atoms with van der Waals surface area (Å²) in [6, 6.07) is 13.2. The fourth-order valence-electron chi connectivity index (χ4n) is 1.47. The summed E-state index contributed by atoms with van der Waals surface area (Å²) in [6.45, 7) is 1.94. The number of rotatable bonds is 1. The van der Waals surface area contributed by atoms with E-state index in [9.17, 15) is 0 Å². The number of aryl methyl sites for hydroxylation is 1. The summed E-state index contributed by atoms with van der Waals surface area (Å²) in [5.41, 5.74) is 21.1. The summed E-state index contributed by atoms with van der Waals surface area (Å²) < 4.78 is 0. The second kappa shape index (κ2) is 6.54. The van der Waals surface area contributed by atoms with Gasteiger partial charge in [0.1, 0.15) is 0 Å². The van der Waals surface area contributed by atoms with E-state index in [-0.39, 0.29) is 0 Å². The van der Waals surface area contributed by atoms with Gasteiger partial charge in [-0.25, -0.2) is 0 Å². The van der Waals surface area contributed by atoms with Crippen molar-refractivity contribution in [1.82, 2.24) is 0 Å². The van der Waals surface area contributed by atoms with Crippen LogP contribution >= 0.6 is 0 Å². The largest absolute Gasteiger partial charge is 0.399 e. The van der Waals surface area contributed by atoms with Gasteiger partial charge in [-0.3, -0.25) is 0 Å². The van der Waals surface area contributed by atoms with Crippen LogP contribution in [0.4, 0.5) is 22.7 Å². The summed E-state index contributed by atoms with van der Waals surface area (Å²) in [5, 5.41) is 0. The summed E-state index contributed by atoms with van der Waals surface area (Å²) >= 11 is 0. The van der Waals surface area contributed by atoms with Gasteiger partial charge < -0.3 is 22.1 Å². The van der Waals surface area contributed by atoms with Crippen molar-refractivity contribution in [1.29, 1.82) is 0 Å². The molecule has 0 atom stereocenters. The molecule has 2 aromatic carbocycles. The summed E-state index contributed by atoms with van der Waals surface area (Å²) in [6.07, 6.45) is 0. The molecule has 0 aliphatic heterocycles. The monoisotopic (exact) mass is 258 g/mol.